The largest absolute Gasteiger partial charge is 0.322 e. The van der Waals surface area contributed by atoms with E-state index in [-0.39, 0.29) is 5.91 Å². The maximum absolute atomic E-state index is 12.5. The number of carbonyl (C=O) groups excluding carboxylic acids is 1. The molecule has 1 atom stereocenters. The number of hydrogen-bond acceptors (Lipinski definition) is 5. The van der Waals surface area contributed by atoms with Gasteiger partial charge < -0.3 is 5.32 Å². The first-order valence-corrected chi connectivity index (χ1v) is 9.81. The lowest BCUT2D eigenvalue weighted by Gasteiger charge is -2.31. The molecule has 7 heteroatoms. The van der Waals surface area contributed by atoms with Crippen molar-refractivity contribution in [3.05, 3.63) is 40.7 Å². The van der Waals surface area contributed by atoms with Crippen molar-refractivity contribution in [3.8, 4) is 0 Å². The highest BCUT2D eigenvalue weighted by molar-refractivity contribution is 7.18. The summed E-state index contributed by atoms with van der Waals surface area (Å²) in [6.45, 7) is 6.06. The highest BCUT2D eigenvalue weighted by Crippen LogP contribution is 2.32. The molecule has 1 aromatic carbocycles. The van der Waals surface area contributed by atoms with Gasteiger partial charge in [0.25, 0.3) is 0 Å². The fraction of sp³-hybridized carbons (Fsp3) is 0.421. The number of aromatic nitrogens is 3. The van der Waals surface area contributed by atoms with Gasteiger partial charge in [-0.2, -0.15) is 5.10 Å². The van der Waals surface area contributed by atoms with Gasteiger partial charge >= 0.3 is 0 Å². The van der Waals surface area contributed by atoms with Gasteiger partial charge in [-0.25, -0.2) is 4.98 Å². The maximum Gasteiger partial charge on any atom is 0.238 e. The first kappa shape index (κ1) is 17.2. The van der Waals surface area contributed by atoms with E-state index < -0.39 is 0 Å². The fourth-order valence-electron chi connectivity index (χ4n) is 3.58. The van der Waals surface area contributed by atoms with Crippen LogP contribution in [0.1, 0.15) is 35.2 Å². The number of para-hydroxylation sites is 1. The Hall–Kier alpha value is -2.25. The molecule has 0 aliphatic carbocycles. The van der Waals surface area contributed by atoms with Gasteiger partial charge in [0.2, 0.25) is 5.91 Å². The average molecular weight is 369 g/mol. The van der Waals surface area contributed by atoms with Gasteiger partial charge in [0.05, 0.1) is 38.8 Å². The van der Waals surface area contributed by atoms with Crippen LogP contribution in [0.3, 0.4) is 0 Å². The summed E-state index contributed by atoms with van der Waals surface area (Å²) in [6, 6.07) is 8.28. The number of fused-ring (bicyclic) bond motifs is 1. The third-order valence-electron chi connectivity index (χ3n) is 4.92. The summed E-state index contributed by atoms with van der Waals surface area (Å²) in [5, 5.41) is 11.2. The van der Waals surface area contributed by atoms with Gasteiger partial charge in [-0.05, 0) is 45.4 Å². The number of hydrogen-bond donors (Lipinski definition) is 2. The summed E-state index contributed by atoms with van der Waals surface area (Å²) in [6.07, 6.45) is 2.23. The van der Waals surface area contributed by atoms with Crippen molar-refractivity contribution in [1.82, 2.24) is 20.1 Å². The van der Waals surface area contributed by atoms with Crippen molar-refractivity contribution in [1.29, 1.82) is 0 Å². The highest BCUT2D eigenvalue weighted by Gasteiger charge is 2.25. The molecule has 6 nitrogen and oxygen atoms in total. The zero-order valence-electron chi connectivity index (χ0n) is 15.1. The molecule has 1 fully saturated rings. The van der Waals surface area contributed by atoms with Crippen molar-refractivity contribution in [3.63, 3.8) is 0 Å². The summed E-state index contributed by atoms with van der Waals surface area (Å²) < 4.78 is 1.24. The second kappa shape index (κ2) is 7.17. The van der Waals surface area contributed by atoms with Crippen LogP contribution in [0.2, 0.25) is 0 Å². The van der Waals surface area contributed by atoms with E-state index in [0.29, 0.717) is 12.5 Å². The van der Waals surface area contributed by atoms with Crippen molar-refractivity contribution in [2.45, 2.75) is 32.6 Å². The molecule has 1 unspecified atom stereocenters. The number of benzene rings is 1. The Morgan fingerprint density at radius 1 is 1.38 bits per heavy atom. The summed E-state index contributed by atoms with van der Waals surface area (Å²) >= 11 is 1.78. The number of H-pyrrole nitrogens is 1. The zero-order chi connectivity index (χ0) is 18.1. The summed E-state index contributed by atoms with van der Waals surface area (Å²) in [7, 11) is 0. The normalized spacial score (nSPS) is 18.3. The van der Waals surface area contributed by atoms with E-state index in [4.69, 9.17) is 4.98 Å². The van der Waals surface area contributed by atoms with Crippen LogP contribution in [0.4, 0.5) is 5.69 Å². The Balaban J connectivity index is 1.41. The molecule has 1 aliphatic rings. The standard InChI is InChI=1S/C19H23N5OS/c1-12-18(13(2)23-22-12)21-17(25)11-24-9-5-6-14(10-24)19-20-15-7-3-4-8-16(15)26-19/h3-4,7-8,14H,5-6,9-11H2,1-2H3,(H,21,25)(H,22,23). The van der Waals surface area contributed by atoms with Crippen LogP contribution >= 0.6 is 11.3 Å². The molecule has 0 radical (unpaired) electrons. The lowest BCUT2D eigenvalue weighted by atomic mass is 9.99. The number of likely N-dealkylation sites (tertiary alicyclic amines) is 1. The number of rotatable bonds is 4. The number of anilines is 1. The molecule has 1 aliphatic heterocycles. The zero-order valence-corrected chi connectivity index (χ0v) is 15.9. The molecule has 2 N–H and O–H groups in total. The molecule has 1 amide bonds. The Bertz CT molecular complexity index is 879. The van der Waals surface area contributed by atoms with Crippen molar-refractivity contribution < 1.29 is 4.79 Å². The van der Waals surface area contributed by atoms with Gasteiger partial charge in [0.15, 0.2) is 0 Å². The fourth-order valence-corrected chi connectivity index (χ4v) is 4.68. The third kappa shape index (κ3) is 3.50. The molecule has 0 spiro atoms. The first-order chi connectivity index (χ1) is 12.6. The molecule has 2 aromatic heterocycles. The second-order valence-corrected chi connectivity index (χ2v) is 8.01. The molecule has 3 heterocycles. The molecule has 3 aromatic rings. The minimum absolute atomic E-state index is 0.0162. The summed E-state index contributed by atoms with van der Waals surface area (Å²) in [5.74, 6) is 0.425. The van der Waals surface area contributed by atoms with Crippen molar-refractivity contribution >= 4 is 33.1 Å². The van der Waals surface area contributed by atoms with Gasteiger partial charge in [-0.3, -0.25) is 14.8 Å². The van der Waals surface area contributed by atoms with Crippen LogP contribution in [0.25, 0.3) is 10.2 Å². The summed E-state index contributed by atoms with van der Waals surface area (Å²) in [5.41, 5.74) is 3.59. The Morgan fingerprint density at radius 2 is 2.23 bits per heavy atom. The minimum atomic E-state index is 0.0162. The number of nitrogens with zero attached hydrogens (tertiary/aromatic N) is 3. The summed E-state index contributed by atoms with van der Waals surface area (Å²) in [4.78, 5) is 19.5. The van der Waals surface area contributed by atoms with E-state index in [9.17, 15) is 4.79 Å². The molecule has 26 heavy (non-hydrogen) atoms. The lowest BCUT2D eigenvalue weighted by molar-refractivity contribution is -0.117. The van der Waals surface area contributed by atoms with Crippen LogP contribution in [0.5, 0.6) is 0 Å². The van der Waals surface area contributed by atoms with Gasteiger partial charge in [0, 0.05) is 12.5 Å². The van der Waals surface area contributed by atoms with Crippen molar-refractivity contribution in [2.75, 3.05) is 25.0 Å². The second-order valence-electron chi connectivity index (χ2n) is 6.95. The van der Waals surface area contributed by atoms with Gasteiger partial charge in [-0.1, -0.05) is 12.1 Å². The molecule has 0 saturated carbocycles. The Labute approximate surface area is 156 Å². The highest BCUT2D eigenvalue weighted by atomic mass is 32.1. The third-order valence-corrected chi connectivity index (χ3v) is 6.12. The topological polar surface area (TPSA) is 73.9 Å². The molecule has 1 saturated heterocycles. The van der Waals surface area contributed by atoms with Gasteiger partial charge in [-0.15, -0.1) is 11.3 Å². The molecular formula is C19H23N5OS. The number of thiazole rings is 1. The maximum atomic E-state index is 12.5. The van der Waals surface area contributed by atoms with Crippen molar-refractivity contribution in [2.24, 2.45) is 0 Å². The number of aromatic amines is 1. The smallest absolute Gasteiger partial charge is 0.238 e. The predicted octanol–water partition coefficient (Wildman–Crippen LogP) is 3.45. The van der Waals surface area contributed by atoms with E-state index in [1.54, 1.807) is 11.3 Å². The predicted molar refractivity (Wildman–Crippen MR) is 105 cm³/mol. The van der Waals surface area contributed by atoms with Crippen LogP contribution in [0, 0.1) is 13.8 Å². The molecule has 136 valence electrons. The number of carbonyl (C=O) groups is 1. The Morgan fingerprint density at radius 3 is 3.00 bits per heavy atom. The van der Waals surface area contributed by atoms with Crippen LogP contribution in [-0.4, -0.2) is 45.6 Å². The molecular weight excluding hydrogens is 346 g/mol. The van der Waals surface area contributed by atoms with E-state index in [2.05, 4.69) is 38.6 Å². The number of piperidine rings is 1. The van der Waals surface area contributed by atoms with Gasteiger partial charge in [0.1, 0.15) is 0 Å². The average Bonchev–Trinajstić information content (AvgIpc) is 3.20. The quantitative estimate of drug-likeness (QED) is 0.739. The monoisotopic (exact) mass is 369 g/mol. The van der Waals surface area contributed by atoms with E-state index in [1.165, 1.54) is 9.71 Å². The minimum Gasteiger partial charge on any atom is -0.322 e. The molecule has 0 bridgehead atoms. The number of amides is 1. The van der Waals surface area contributed by atoms with E-state index in [0.717, 1.165) is 48.5 Å². The van der Waals surface area contributed by atoms with E-state index in [1.807, 2.05) is 19.9 Å². The first-order valence-electron chi connectivity index (χ1n) is 8.99. The number of nitrogens with one attached hydrogen (secondary N) is 2. The molecule has 4 rings (SSSR count). The van der Waals surface area contributed by atoms with Crippen LogP contribution < -0.4 is 5.32 Å². The van der Waals surface area contributed by atoms with E-state index >= 15 is 0 Å². The lowest BCUT2D eigenvalue weighted by Crippen LogP contribution is -2.39. The Kier molecular flexibility index (Phi) is 4.74. The van der Waals surface area contributed by atoms with Crippen LogP contribution in [-0.2, 0) is 4.79 Å². The number of aryl methyl sites for hydroxylation is 2. The SMILES string of the molecule is Cc1n[nH]c(C)c1NC(=O)CN1CCCC(c2nc3ccccc3s2)C1. The van der Waals surface area contributed by atoms with Crippen LogP contribution in [0.15, 0.2) is 24.3 Å².